The second-order valence-corrected chi connectivity index (χ2v) is 3.67. The maximum Gasteiger partial charge on any atom is 0.214 e. The summed E-state index contributed by atoms with van der Waals surface area (Å²) in [5.74, 6) is 5.29. The summed E-state index contributed by atoms with van der Waals surface area (Å²) < 4.78 is 14.8. The van der Waals surface area contributed by atoms with Crippen LogP contribution in [0.2, 0.25) is 5.02 Å². The lowest BCUT2D eigenvalue weighted by molar-refractivity contribution is 0.629. The van der Waals surface area contributed by atoms with Crippen LogP contribution in [-0.4, -0.2) is 14.9 Å². The maximum absolute atomic E-state index is 13.5. The highest BCUT2D eigenvalue weighted by molar-refractivity contribution is 7.71. The first-order valence-corrected chi connectivity index (χ1v) is 4.76. The lowest BCUT2D eigenvalue weighted by Crippen LogP contribution is -2.10. The van der Waals surface area contributed by atoms with Crippen LogP contribution in [0.3, 0.4) is 0 Å². The van der Waals surface area contributed by atoms with Crippen molar-refractivity contribution in [2.75, 3.05) is 5.84 Å². The van der Waals surface area contributed by atoms with E-state index in [2.05, 4.69) is 10.2 Å². The van der Waals surface area contributed by atoms with Crippen LogP contribution in [0.4, 0.5) is 4.39 Å². The summed E-state index contributed by atoms with van der Waals surface area (Å²) in [6.07, 6.45) is 0. The molecule has 0 aliphatic carbocycles. The topological polar surface area (TPSA) is 59.6 Å². The third kappa shape index (κ3) is 1.73. The Balaban J connectivity index is 2.64. The maximum atomic E-state index is 13.5. The summed E-state index contributed by atoms with van der Waals surface area (Å²) in [5, 5.41) is 6.60. The van der Waals surface area contributed by atoms with E-state index < -0.39 is 5.82 Å². The Bertz CT molecular complexity index is 562. The average molecular weight is 245 g/mol. The van der Waals surface area contributed by atoms with Gasteiger partial charge in [0.05, 0.1) is 5.56 Å². The van der Waals surface area contributed by atoms with Crippen LogP contribution in [0.25, 0.3) is 11.4 Å². The molecule has 1 aromatic heterocycles. The van der Waals surface area contributed by atoms with Gasteiger partial charge < -0.3 is 5.84 Å². The van der Waals surface area contributed by atoms with E-state index in [1.165, 1.54) is 12.1 Å². The normalized spacial score (nSPS) is 10.5. The van der Waals surface area contributed by atoms with Crippen molar-refractivity contribution in [2.45, 2.75) is 0 Å². The molecule has 3 N–H and O–H groups in total. The van der Waals surface area contributed by atoms with Gasteiger partial charge in [0.15, 0.2) is 5.82 Å². The Morgan fingerprint density at radius 1 is 1.53 bits per heavy atom. The smallest absolute Gasteiger partial charge is 0.214 e. The summed E-state index contributed by atoms with van der Waals surface area (Å²) in [6.45, 7) is 0. The van der Waals surface area contributed by atoms with Gasteiger partial charge in [0.1, 0.15) is 5.82 Å². The first kappa shape index (κ1) is 10.1. The molecular weight excluding hydrogens is 239 g/mol. The van der Waals surface area contributed by atoms with Crippen LogP contribution in [-0.2, 0) is 0 Å². The lowest BCUT2D eigenvalue weighted by Gasteiger charge is -2.01. The van der Waals surface area contributed by atoms with E-state index in [-0.39, 0.29) is 16.2 Å². The van der Waals surface area contributed by atoms with Gasteiger partial charge in [0.2, 0.25) is 4.77 Å². The molecule has 0 aliphatic rings. The van der Waals surface area contributed by atoms with Gasteiger partial charge in [-0.2, -0.15) is 5.10 Å². The number of nitrogens with two attached hydrogens (primary N) is 1. The van der Waals surface area contributed by atoms with Crippen LogP contribution in [0.15, 0.2) is 18.2 Å². The third-order valence-electron chi connectivity index (χ3n) is 1.88. The second-order valence-electron chi connectivity index (χ2n) is 2.85. The molecule has 0 fully saturated rings. The van der Waals surface area contributed by atoms with Crippen molar-refractivity contribution in [1.82, 2.24) is 14.9 Å². The number of H-pyrrole nitrogens is 1. The Kier molecular flexibility index (Phi) is 2.45. The number of aromatic amines is 1. The minimum Gasteiger partial charge on any atom is -0.335 e. The second kappa shape index (κ2) is 3.63. The summed E-state index contributed by atoms with van der Waals surface area (Å²) in [6, 6.07) is 4.23. The molecule has 1 heterocycles. The molecule has 0 radical (unpaired) electrons. The van der Waals surface area contributed by atoms with Crippen molar-refractivity contribution in [2.24, 2.45) is 0 Å². The first-order valence-electron chi connectivity index (χ1n) is 3.97. The molecule has 0 saturated carbocycles. The zero-order valence-electron chi connectivity index (χ0n) is 7.37. The number of nitrogens with zero attached hydrogens (tertiary/aromatic N) is 2. The van der Waals surface area contributed by atoms with Crippen molar-refractivity contribution in [3.63, 3.8) is 0 Å². The molecule has 7 heteroatoms. The quantitative estimate of drug-likeness (QED) is 0.597. The molecule has 0 aliphatic heterocycles. The van der Waals surface area contributed by atoms with E-state index in [1.54, 1.807) is 6.07 Å². The van der Waals surface area contributed by atoms with Crippen LogP contribution in [0.5, 0.6) is 0 Å². The molecule has 2 aromatic rings. The van der Waals surface area contributed by atoms with Crippen molar-refractivity contribution in [3.8, 4) is 11.4 Å². The molecule has 4 nitrogen and oxygen atoms in total. The predicted molar refractivity (Wildman–Crippen MR) is 58.0 cm³/mol. The zero-order valence-corrected chi connectivity index (χ0v) is 8.94. The molecule has 0 unspecified atom stereocenters. The third-order valence-corrected chi connectivity index (χ3v) is 2.40. The van der Waals surface area contributed by atoms with Gasteiger partial charge in [-0.05, 0) is 30.4 Å². The van der Waals surface area contributed by atoms with Crippen molar-refractivity contribution >= 4 is 23.8 Å². The summed E-state index contributed by atoms with van der Waals surface area (Å²) >= 11 is 10.4. The molecule has 2 rings (SSSR count). The number of rotatable bonds is 1. The van der Waals surface area contributed by atoms with E-state index in [9.17, 15) is 4.39 Å². The van der Waals surface area contributed by atoms with Crippen LogP contribution >= 0.6 is 23.8 Å². The molecule has 0 amide bonds. The van der Waals surface area contributed by atoms with E-state index >= 15 is 0 Å². The number of benzene rings is 1. The van der Waals surface area contributed by atoms with Crippen molar-refractivity contribution < 1.29 is 4.39 Å². The molecular formula is C8H6ClFN4S. The molecule has 78 valence electrons. The number of hydrogen-bond acceptors (Lipinski definition) is 3. The fraction of sp³-hybridized carbons (Fsp3) is 0. The van der Waals surface area contributed by atoms with Gasteiger partial charge in [-0.1, -0.05) is 11.6 Å². The SMILES string of the molecule is Nn1c(-c2ccc(Cl)cc2F)n[nH]c1=S. The van der Waals surface area contributed by atoms with Gasteiger partial charge in [0.25, 0.3) is 0 Å². The van der Waals surface area contributed by atoms with Gasteiger partial charge in [-0.15, -0.1) is 0 Å². The van der Waals surface area contributed by atoms with Crippen LogP contribution in [0.1, 0.15) is 0 Å². The summed E-state index contributed by atoms with van der Waals surface area (Å²) in [4.78, 5) is 0. The monoisotopic (exact) mass is 244 g/mol. The number of hydrogen-bond donors (Lipinski definition) is 2. The molecule has 1 aromatic carbocycles. The Hall–Kier alpha value is -1.40. The minimum atomic E-state index is -0.497. The Morgan fingerprint density at radius 3 is 2.80 bits per heavy atom. The molecule has 0 saturated heterocycles. The fourth-order valence-electron chi connectivity index (χ4n) is 1.17. The number of nitrogens with one attached hydrogen (secondary N) is 1. The van der Waals surface area contributed by atoms with Gasteiger partial charge in [-0.25, -0.2) is 14.2 Å². The summed E-state index contributed by atoms with van der Waals surface area (Å²) in [5.41, 5.74) is 0.245. The summed E-state index contributed by atoms with van der Waals surface area (Å²) in [7, 11) is 0. The van der Waals surface area contributed by atoms with Crippen molar-refractivity contribution in [3.05, 3.63) is 33.8 Å². The largest absolute Gasteiger partial charge is 0.335 e. The zero-order chi connectivity index (χ0) is 11.0. The van der Waals surface area contributed by atoms with Crippen LogP contribution in [0, 0.1) is 10.6 Å². The van der Waals surface area contributed by atoms with Crippen molar-refractivity contribution in [1.29, 1.82) is 0 Å². The van der Waals surface area contributed by atoms with E-state index in [4.69, 9.17) is 29.7 Å². The van der Waals surface area contributed by atoms with E-state index in [0.717, 1.165) is 4.68 Å². The number of nitrogen functional groups attached to an aromatic ring is 1. The van der Waals surface area contributed by atoms with E-state index in [1.807, 2.05) is 0 Å². The Morgan fingerprint density at radius 2 is 2.27 bits per heavy atom. The highest BCUT2D eigenvalue weighted by Gasteiger charge is 2.11. The number of aromatic nitrogens is 3. The Labute approximate surface area is 94.5 Å². The molecule has 0 atom stereocenters. The molecule has 15 heavy (non-hydrogen) atoms. The molecule has 0 spiro atoms. The highest BCUT2D eigenvalue weighted by atomic mass is 35.5. The minimum absolute atomic E-state index is 0.222. The number of halogens is 2. The lowest BCUT2D eigenvalue weighted by atomic mass is 10.2. The van der Waals surface area contributed by atoms with Crippen LogP contribution < -0.4 is 5.84 Å². The van der Waals surface area contributed by atoms with Gasteiger partial charge in [0, 0.05) is 5.02 Å². The molecule has 0 bridgehead atoms. The predicted octanol–water partition coefficient (Wildman–Crippen LogP) is 2.11. The van der Waals surface area contributed by atoms with E-state index in [0.29, 0.717) is 5.02 Å². The first-order chi connectivity index (χ1) is 7.09. The standard InChI is InChI=1S/C8H6ClFN4S/c9-4-1-2-5(6(10)3-4)7-12-13-8(15)14(7)11/h1-3H,11H2,(H,13,15). The average Bonchev–Trinajstić information content (AvgIpc) is 2.49. The van der Waals surface area contributed by atoms with Gasteiger partial charge in [-0.3, -0.25) is 0 Å². The highest BCUT2D eigenvalue weighted by Crippen LogP contribution is 2.22. The van der Waals surface area contributed by atoms with Gasteiger partial charge >= 0.3 is 0 Å². The fourth-order valence-corrected chi connectivity index (χ4v) is 1.46.